The van der Waals surface area contributed by atoms with Gasteiger partial charge in [0.2, 0.25) is 0 Å². The lowest BCUT2D eigenvalue weighted by molar-refractivity contribution is -0.138. The molecule has 1 saturated carbocycles. The SMILES string of the molecule is CCC1CCC(NC(=O)N[C@@H](C)C(=O)O)C1C. The van der Waals surface area contributed by atoms with Gasteiger partial charge < -0.3 is 15.7 Å². The zero-order valence-electron chi connectivity index (χ0n) is 10.7. The van der Waals surface area contributed by atoms with Gasteiger partial charge in [-0.15, -0.1) is 0 Å². The molecule has 3 N–H and O–H groups in total. The minimum Gasteiger partial charge on any atom is -0.480 e. The van der Waals surface area contributed by atoms with E-state index in [0.717, 1.165) is 19.3 Å². The molecule has 17 heavy (non-hydrogen) atoms. The predicted octanol–water partition coefficient (Wildman–Crippen LogP) is 1.58. The number of carbonyl (C=O) groups is 2. The average molecular weight is 242 g/mol. The molecular formula is C12H22N2O3. The molecule has 1 aliphatic rings. The molecule has 1 rings (SSSR count). The van der Waals surface area contributed by atoms with Gasteiger partial charge in [0.25, 0.3) is 0 Å². The highest BCUT2D eigenvalue weighted by Gasteiger charge is 2.32. The molecule has 0 aromatic rings. The monoisotopic (exact) mass is 242 g/mol. The second kappa shape index (κ2) is 5.89. The maximum atomic E-state index is 11.6. The summed E-state index contributed by atoms with van der Waals surface area (Å²) in [6, 6.07) is -1.07. The van der Waals surface area contributed by atoms with Crippen molar-refractivity contribution in [2.75, 3.05) is 0 Å². The van der Waals surface area contributed by atoms with Crippen molar-refractivity contribution in [3.8, 4) is 0 Å². The van der Waals surface area contributed by atoms with Crippen molar-refractivity contribution in [2.24, 2.45) is 11.8 Å². The Hall–Kier alpha value is -1.26. The number of amides is 2. The summed E-state index contributed by atoms with van der Waals surface area (Å²) < 4.78 is 0. The number of rotatable bonds is 4. The van der Waals surface area contributed by atoms with Crippen molar-refractivity contribution in [2.45, 2.75) is 52.1 Å². The second-order valence-electron chi connectivity index (χ2n) is 4.89. The Labute approximate surface area is 102 Å². The van der Waals surface area contributed by atoms with Crippen LogP contribution in [-0.4, -0.2) is 29.2 Å². The van der Waals surface area contributed by atoms with E-state index >= 15 is 0 Å². The van der Waals surface area contributed by atoms with Gasteiger partial charge in [0.05, 0.1) is 0 Å². The summed E-state index contributed by atoms with van der Waals surface area (Å²) in [6.45, 7) is 5.76. The smallest absolute Gasteiger partial charge is 0.325 e. The molecule has 0 bridgehead atoms. The van der Waals surface area contributed by atoms with E-state index < -0.39 is 12.0 Å². The molecule has 0 aromatic carbocycles. The van der Waals surface area contributed by atoms with E-state index in [1.165, 1.54) is 6.92 Å². The molecule has 1 fully saturated rings. The summed E-state index contributed by atoms with van der Waals surface area (Å²) >= 11 is 0. The molecule has 4 atom stereocenters. The van der Waals surface area contributed by atoms with E-state index in [-0.39, 0.29) is 12.1 Å². The number of hydrogen-bond donors (Lipinski definition) is 3. The largest absolute Gasteiger partial charge is 0.480 e. The molecule has 0 aliphatic heterocycles. The van der Waals surface area contributed by atoms with Crippen LogP contribution in [0.15, 0.2) is 0 Å². The van der Waals surface area contributed by atoms with Crippen LogP contribution in [0.1, 0.15) is 40.0 Å². The number of aliphatic carboxylic acids is 1. The van der Waals surface area contributed by atoms with Gasteiger partial charge in [0.15, 0.2) is 0 Å². The average Bonchev–Trinajstić information content (AvgIpc) is 2.59. The highest BCUT2D eigenvalue weighted by molar-refractivity contribution is 5.82. The Bertz CT molecular complexity index is 293. The van der Waals surface area contributed by atoms with Crippen LogP contribution in [0.3, 0.4) is 0 Å². The number of carboxylic acid groups (broad SMARTS) is 1. The van der Waals surface area contributed by atoms with Crippen molar-refractivity contribution in [1.29, 1.82) is 0 Å². The zero-order valence-corrected chi connectivity index (χ0v) is 10.7. The molecular weight excluding hydrogens is 220 g/mol. The Morgan fingerprint density at radius 1 is 1.41 bits per heavy atom. The van der Waals surface area contributed by atoms with Gasteiger partial charge in [0, 0.05) is 6.04 Å². The van der Waals surface area contributed by atoms with Crippen molar-refractivity contribution in [3.63, 3.8) is 0 Å². The van der Waals surface area contributed by atoms with Gasteiger partial charge in [-0.1, -0.05) is 20.3 Å². The molecule has 0 radical (unpaired) electrons. The first-order chi connectivity index (χ1) is 7.95. The van der Waals surface area contributed by atoms with Crippen LogP contribution in [0.2, 0.25) is 0 Å². The third kappa shape index (κ3) is 3.61. The molecule has 2 amide bonds. The lowest BCUT2D eigenvalue weighted by Gasteiger charge is -2.21. The number of hydrogen-bond acceptors (Lipinski definition) is 2. The minimum absolute atomic E-state index is 0.168. The normalized spacial score (nSPS) is 29.7. The van der Waals surface area contributed by atoms with Crippen molar-refractivity contribution in [1.82, 2.24) is 10.6 Å². The van der Waals surface area contributed by atoms with Gasteiger partial charge >= 0.3 is 12.0 Å². The van der Waals surface area contributed by atoms with Crippen LogP contribution in [0.4, 0.5) is 4.79 Å². The van der Waals surface area contributed by atoms with Gasteiger partial charge in [-0.05, 0) is 31.6 Å². The van der Waals surface area contributed by atoms with Crippen LogP contribution in [0, 0.1) is 11.8 Å². The highest BCUT2D eigenvalue weighted by Crippen LogP contribution is 2.33. The summed E-state index contributed by atoms with van der Waals surface area (Å²) in [5.41, 5.74) is 0. The summed E-state index contributed by atoms with van der Waals surface area (Å²) in [5.74, 6) is 0.106. The van der Waals surface area contributed by atoms with Crippen molar-refractivity contribution in [3.05, 3.63) is 0 Å². The quantitative estimate of drug-likeness (QED) is 0.700. The maximum Gasteiger partial charge on any atom is 0.325 e. The van der Waals surface area contributed by atoms with Gasteiger partial charge in [0.1, 0.15) is 6.04 Å². The molecule has 0 heterocycles. The molecule has 0 spiro atoms. The minimum atomic E-state index is -1.02. The van der Waals surface area contributed by atoms with E-state index in [1.54, 1.807) is 0 Å². The Kier molecular flexibility index (Phi) is 4.78. The van der Waals surface area contributed by atoms with Crippen molar-refractivity contribution >= 4 is 12.0 Å². The zero-order chi connectivity index (χ0) is 13.0. The fraction of sp³-hybridized carbons (Fsp3) is 0.833. The van der Waals surface area contributed by atoms with E-state index in [1.807, 2.05) is 0 Å². The molecule has 5 nitrogen and oxygen atoms in total. The van der Waals surface area contributed by atoms with Gasteiger partial charge in [-0.25, -0.2) is 4.79 Å². The van der Waals surface area contributed by atoms with Gasteiger partial charge in [-0.2, -0.15) is 0 Å². The van der Waals surface area contributed by atoms with Gasteiger partial charge in [-0.3, -0.25) is 4.79 Å². The van der Waals surface area contributed by atoms with Crippen LogP contribution in [-0.2, 0) is 4.79 Å². The fourth-order valence-corrected chi connectivity index (χ4v) is 2.50. The van der Waals surface area contributed by atoms with Crippen LogP contribution < -0.4 is 10.6 Å². The number of urea groups is 1. The predicted molar refractivity (Wildman–Crippen MR) is 64.7 cm³/mol. The molecule has 98 valence electrons. The number of carboxylic acids is 1. The number of nitrogens with one attached hydrogen (secondary N) is 2. The van der Waals surface area contributed by atoms with E-state index in [9.17, 15) is 9.59 Å². The van der Waals surface area contributed by atoms with Crippen LogP contribution in [0.25, 0.3) is 0 Å². The highest BCUT2D eigenvalue weighted by atomic mass is 16.4. The van der Waals surface area contributed by atoms with E-state index in [4.69, 9.17) is 5.11 Å². The topological polar surface area (TPSA) is 78.4 Å². The third-order valence-electron chi connectivity index (χ3n) is 3.79. The van der Waals surface area contributed by atoms with E-state index in [0.29, 0.717) is 11.8 Å². The first kappa shape index (κ1) is 13.8. The standard InChI is InChI=1S/C12H22N2O3/c1-4-9-5-6-10(7(9)2)14-12(17)13-8(3)11(15)16/h7-10H,4-6H2,1-3H3,(H,15,16)(H2,13,14,17)/t7?,8-,9?,10?/m0/s1. The Morgan fingerprint density at radius 3 is 2.53 bits per heavy atom. The Balaban J connectivity index is 2.39. The molecule has 0 saturated heterocycles. The molecule has 5 heteroatoms. The maximum absolute atomic E-state index is 11.6. The Morgan fingerprint density at radius 2 is 2.06 bits per heavy atom. The summed E-state index contributed by atoms with van der Waals surface area (Å²) in [7, 11) is 0. The van der Waals surface area contributed by atoms with Crippen LogP contribution >= 0.6 is 0 Å². The summed E-state index contributed by atoms with van der Waals surface area (Å²) in [4.78, 5) is 22.2. The van der Waals surface area contributed by atoms with E-state index in [2.05, 4.69) is 24.5 Å². The molecule has 0 aromatic heterocycles. The van der Waals surface area contributed by atoms with Crippen molar-refractivity contribution < 1.29 is 14.7 Å². The molecule has 1 aliphatic carbocycles. The summed E-state index contributed by atoms with van der Waals surface area (Å²) in [6.07, 6.45) is 3.25. The first-order valence-corrected chi connectivity index (χ1v) is 6.25. The van der Waals surface area contributed by atoms with Crippen LogP contribution in [0.5, 0.6) is 0 Å². The second-order valence-corrected chi connectivity index (χ2v) is 4.89. The lowest BCUT2D eigenvalue weighted by atomic mass is 9.93. The summed E-state index contributed by atoms with van der Waals surface area (Å²) in [5, 5.41) is 14.0. The molecule has 3 unspecified atom stereocenters. The lowest BCUT2D eigenvalue weighted by Crippen LogP contribution is -2.48. The fourth-order valence-electron chi connectivity index (χ4n) is 2.50. The first-order valence-electron chi connectivity index (χ1n) is 6.25. The third-order valence-corrected chi connectivity index (χ3v) is 3.79. The number of carbonyl (C=O) groups excluding carboxylic acids is 1.